The van der Waals surface area contributed by atoms with Crippen LogP contribution in [0, 0.1) is 5.41 Å². The summed E-state index contributed by atoms with van der Waals surface area (Å²) in [6, 6.07) is 7.62. The molecule has 0 fully saturated rings. The molecule has 0 saturated heterocycles. The quantitative estimate of drug-likeness (QED) is 0.707. The lowest BCUT2D eigenvalue weighted by Crippen LogP contribution is -2.06. The Morgan fingerprint density at radius 2 is 2.08 bits per heavy atom. The Morgan fingerprint density at radius 3 is 2.62 bits per heavy atom. The van der Waals surface area contributed by atoms with Crippen molar-refractivity contribution in [1.29, 1.82) is 5.41 Å². The molecule has 0 amide bonds. The first-order valence-corrected chi connectivity index (χ1v) is 4.42. The monoisotopic (exact) mass is 177 g/mol. The van der Waals surface area contributed by atoms with Gasteiger partial charge in [-0.05, 0) is 38.5 Å². The standard InChI is InChI=1S/C11H15NO/c1-8(2)13-11-6-4-5-10(7-11)9(3)12/h4-8,12H,1-3H3. The Balaban J connectivity index is 2.85. The Hall–Kier alpha value is -1.31. The second-order valence-corrected chi connectivity index (χ2v) is 3.32. The Labute approximate surface area is 79.1 Å². The summed E-state index contributed by atoms with van der Waals surface area (Å²) in [5, 5.41) is 7.46. The van der Waals surface area contributed by atoms with Crippen molar-refractivity contribution in [2.24, 2.45) is 0 Å². The van der Waals surface area contributed by atoms with Gasteiger partial charge in [-0.15, -0.1) is 0 Å². The molecule has 1 aromatic rings. The molecular weight excluding hydrogens is 162 g/mol. The zero-order valence-corrected chi connectivity index (χ0v) is 8.29. The number of ether oxygens (including phenoxy) is 1. The zero-order valence-electron chi connectivity index (χ0n) is 8.29. The summed E-state index contributed by atoms with van der Waals surface area (Å²) in [7, 11) is 0. The van der Waals surface area contributed by atoms with Gasteiger partial charge in [0.05, 0.1) is 6.10 Å². The van der Waals surface area contributed by atoms with Crippen LogP contribution in [0.4, 0.5) is 0 Å². The van der Waals surface area contributed by atoms with Crippen LogP contribution < -0.4 is 4.74 Å². The lowest BCUT2D eigenvalue weighted by atomic mass is 10.1. The first-order valence-electron chi connectivity index (χ1n) is 4.42. The predicted molar refractivity (Wildman–Crippen MR) is 54.7 cm³/mol. The largest absolute Gasteiger partial charge is 0.491 e. The van der Waals surface area contributed by atoms with Crippen molar-refractivity contribution in [3.63, 3.8) is 0 Å². The molecule has 1 rings (SSSR count). The predicted octanol–water partition coefficient (Wildman–Crippen LogP) is 2.86. The molecule has 0 atom stereocenters. The minimum absolute atomic E-state index is 0.182. The fraction of sp³-hybridized carbons (Fsp3) is 0.364. The van der Waals surface area contributed by atoms with Gasteiger partial charge < -0.3 is 10.1 Å². The average molecular weight is 177 g/mol. The highest BCUT2D eigenvalue weighted by atomic mass is 16.5. The highest BCUT2D eigenvalue weighted by molar-refractivity contribution is 5.96. The van der Waals surface area contributed by atoms with Crippen LogP contribution in [0.1, 0.15) is 26.3 Å². The molecule has 0 aromatic heterocycles. The molecule has 1 aromatic carbocycles. The van der Waals surface area contributed by atoms with Crippen LogP contribution in [0.25, 0.3) is 0 Å². The van der Waals surface area contributed by atoms with Gasteiger partial charge in [-0.25, -0.2) is 0 Å². The van der Waals surface area contributed by atoms with E-state index < -0.39 is 0 Å². The first-order chi connectivity index (χ1) is 6.09. The summed E-state index contributed by atoms with van der Waals surface area (Å²) >= 11 is 0. The molecule has 0 bridgehead atoms. The molecule has 2 nitrogen and oxygen atoms in total. The van der Waals surface area contributed by atoms with Gasteiger partial charge in [0.1, 0.15) is 5.75 Å². The van der Waals surface area contributed by atoms with E-state index in [4.69, 9.17) is 10.1 Å². The highest BCUT2D eigenvalue weighted by Gasteiger charge is 1.99. The van der Waals surface area contributed by atoms with Gasteiger partial charge in [0.25, 0.3) is 0 Å². The number of hydrogen-bond donors (Lipinski definition) is 1. The van der Waals surface area contributed by atoms with E-state index in [0.717, 1.165) is 11.3 Å². The van der Waals surface area contributed by atoms with E-state index in [1.165, 1.54) is 0 Å². The van der Waals surface area contributed by atoms with Gasteiger partial charge in [-0.2, -0.15) is 0 Å². The van der Waals surface area contributed by atoms with Crippen molar-refractivity contribution in [3.8, 4) is 5.75 Å². The first kappa shape index (κ1) is 9.78. The van der Waals surface area contributed by atoms with Crippen LogP contribution >= 0.6 is 0 Å². The summed E-state index contributed by atoms with van der Waals surface area (Å²) < 4.78 is 5.51. The van der Waals surface area contributed by atoms with Crippen molar-refractivity contribution in [2.75, 3.05) is 0 Å². The molecule has 13 heavy (non-hydrogen) atoms. The molecule has 0 heterocycles. The van der Waals surface area contributed by atoms with Crippen LogP contribution in [-0.2, 0) is 0 Å². The second-order valence-electron chi connectivity index (χ2n) is 3.32. The minimum atomic E-state index is 0.182. The summed E-state index contributed by atoms with van der Waals surface area (Å²) in [5.74, 6) is 0.832. The van der Waals surface area contributed by atoms with E-state index in [0.29, 0.717) is 5.71 Å². The van der Waals surface area contributed by atoms with E-state index in [1.54, 1.807) is 6.92 Å². The van der Waals surface area contributed by atoms with Crippen LogP contribution in [0.2, 0.25) is 0 Å². The molecular formula is C11H15NO. The van der Waals surface area contributed by atoms with Gasteiger partial charge in [0.2, 0.25) is 0 Å². The molecule has 0 aliphatic heterocycles. The maximum Gasteiger partial charge on any atom is 0.120 e. The van der Waals surface area contributed by atoms with E-state index in [2.05, 4.69) is 0 Å². The molecule has 70 valence electrons. The number of nitrogens with one attached hydrogen (secondary N) is 1. The topological polar surface area (TPSA) is 33.1 Å². The normalized spacial score (nSPS) is 10.2. The van der Waals surface area contributed by atoms with Crippen molar-refractivity contribution in [3.05, 3.63) is 29.8 Å². The summed E-state index contributed by atoms with van der Waals surface area (Å²) in [5.41, 5.74) is 1.48. The number of benzene rings is 1. The van der Waals surface area contributed by atoms with Gasteiger partial charge in [0.15, 0.2) is 0 Å². The fourth-order valence-corrected chi connectivity index (χ4v) is 1.07. The van der Waals surface area contributed by atoms with E-state index in [1.807, 2.05) is 38.1 Å². The van der Waals surface area contributed by atoms with Crippen molar-refractivity contribution in [1.82, 2.24) is 0 Å². The Morgan fingerprint density at radius 1 is 1.38 bits per heavy atom. The van der Waals surface area contributed by atoms with Crippen LogP contribution in [0.5, 0.6) is 5.75 Å². The summed E-state index contributed by atoms with van der Waals surface area (Å²) in [4.78, 5) is 0. The van der Waals surface area contributed by atoms with Crippen LogP contribution in [0.3, 0.4) is 0 Å². The molecule has 0 aliphatic rings. The molecule has 2 heteroatoms. The molecule has 0 saturated carbocycles. The third kappa shape index (κ3) is 2.90. The van der Waals surface area contributed by atoms with Crippen molar-refractivity contribution >= 4 is 5.71 Å². The molecule has 0 aliphatic carbocycles. The van der Waals surface area contributed by atoms with Gasteiger partial charge >= 0.3 is 0 Å². The molecule has 1 N–H and O–H groups in total. The number of hydrogen-bond acceptors (Lipinski definition) is 2. The molecule has 0 spiro atoms. The Bertz CT molecular complexity index is 305. The maximum atomic E-state index is 7.46. The van der Waals surface area contributed by atoms with E-state index >= 15 is 0 Å². The zero-order chi connectivity index (χ0) is 9.84. The van der Waals surface area contributed by atoms with Crippen molar-refractivity contribution in [2.45, 2.75) is 26.9 Å². The Kier molecular flexibility index (Phi) is 3.07. The third-order valence-electron chi connectivity index (χ3n) is 1.64. The van der Waals surface area contributed by atoms with Gasteiger partial charge in [0, 0.05) is 5.71 Å². The number of rotatable bonds is 3. The average Bonchev–Trinajstić information content (AvgIpc) is 2.03. The fourth-order valence-electron chi connectivity index (χ4n) is 1.07. The van der Waals surface area contributed by atoms with Gasteiger partial charge in [-0.1, -0.05) is 12.1 Å². The lowest BCUT2D eigenvalue weighted by molar-refractivity contribution is 0.242. The van der Waals surface area contributed by atoms with Crippen LogP contribution in [-0.4, -0.2) is 11.8 Å². The lowest BCUT2D eigenvalue weighted by Gasteiger charge is -2.10. The summed E-state index contributed by atoms with van der Waals surface area (Å²) in [6.07, 6.45) is 0.182. The molecule has 0 radical (unpaired) electrons. The SMILES string of the molecule is CC(=N)c1cccc(OC(C)C)c1. The minimum Gasteiger partial charge on any atom is -0.491 e. The summed E-state index contributed by atoms with van der Waals surface area (Å²) in [6.45, 7) is 5.75. The van der Waals surface area contributed by atoms with E-state index in [-0.39, 0.29) is 6.10 Å². The highest BCUT2D eigenvalue weighted by Crippen LogP contribution is 2.14. The van der Waals surface area contributed by atoms with Crippen molar-refractivity contribution < 1.29 is 4.74 Å². The van der Waals surface area contributed by atoms with Crippen LogP contribution in [0.15, 0.2) is 24.3 Å². The molecule has 0 unspecified atom stereocenters. The second kappa shape index (κ2) is 4.08. The maximum absolute atomic E-state index is 7.46. The third-order valence-corrected chi connectivity index (χ3v) is 1.64. The van der Waals surface area contributed by atoms with Gasteiger partial charge in [-0.3, -0.25) is 0 Å². The van der Waals surface area contributed by atoms with E-state index in [9.17, 15) is 0 Å². The smallest absolute Gasteiger partial charge is 0.120 e.